The number of halogens is 5. The minimum atomic E-state index is -2.97. The lowest BCUT2D eigenvalue weighted by Crippen LogP contribution is -2.53. The Bertz CT molecular complexity index is 656. The molecule has 0 radical (unpaired) electrons. The standard InChI is InChI=1S/C17H20BrF4NO3/c1-16(2,3)26-15(24)23(11-7-17(21,22)8-11)9-10-4-5-13(12(18)6-10)25-14(19)20/h4-6,11,14H,7-9H2,1-3H3. The third-order valence-electron chi connectivity index (χ3n) is 3.70. The van der Waals surface area contributed by atoms with Crippen LogP contribution in [0.2, 0.25) is 0 Å². The van der Waals surface area contributed by atoms with Gasteiger partial charge in [-0.3, -0.25) is 0 Å². The van der Waals surface area contributed by atoms with E-state index in [1.54, 1.807) is 20.8 Å². The van der Waals surface area contributed by atoms with Crippen molar-refractivity contribution in [1.82, 2.24) is 4.90 Å². The van der Waals surface area contributed by atoms with E-state index >= 15 is 0 Å². The van der Waals surface area contributed by atoms with Gasteiger partial charge in [-0.25, -0.2) is 13.6 Å². The van der Waals surface area contributed by atoms with Crippen LogP contribution in [0.4, 0.5) is 22.4 Å². The van der Waals surface area contributed by atoms with Crippen molar-refractivity contribution in [1.29, 1.82) is 0 Å². The summed E-state index contributed by atoms with van der Waals surface area (Å²) in [5.74, 6) is -2.84. The first-order chi connectivity index (χ1) is 11.9. The van der Waals surface area contributed by atoms with Gasteiger partial charge in [0, 0.05) is 25.4 Å². The number of amides is 1. The van der Waals surface area contributed by atoms with Gasteiger partial charge in [0.25, 0.3) is 5.92 Å². The summed E-state index contributed by atoms with van der Waals surface area (Å²) in [7, 11) is 0. The van der Waals surface area contributed by atoms with E-state index in [4.69, 9.17) is 4.74 Å². The molecular formula is C17H20BrF4NO3. The van der Waals surface area contributed by atoms with Gasteiger partial charge in [0.1, 0.15) is 11.4 Å². The Morgan fingerprint density at radius 2 is 1.96 bits per heavy atom. The van der Waals surface area contributed by atoms with Crippen molar-refractivity contribution in [3.05, 3.63) is 28.2 Å². The molecule has 26 heavy (non-hydrogen) atoms. The molecule has 1 aromatic rings. The minimum absolute atomic E-state index is 0.0171. The molecule has 4 nitrogen and oxygen atoms in total. The fraction of sp³-hybridized carbons (Fsp3) is 0.588. The Morgan fingerprint density at radius 1 is 1.35 bits per heavy atom. The summed E-state index contributed by atoms with van der Waals surface area (Å²) in [6.45, 7) is 2.11. The zero-order valence-electron chi connectivity index (χ0n) is 14.6. The summed E-state index contributed by atoms with van der Waals surface area (Å²) in [4.78, 5) is 13.7. The first-order valence-corrected chi connectivity index (χ1v) is 8.76. The van der Waals surface area contributed by atoms with Gasteiger partial charge in [0.05, 0.1) is 4.47 Å². The van der Waals surface area contributed by atoms with E-state index in [1.165, 1.54) is 23.1 Å². The van der Waals surface area contributed by atoms with Crippen LogP contribution in [0, 0.1) is 0 Å². The molecule has 0 aliphatic heterocycles. The zero-order valence-corrected chi connectivity index (χ0v) is 16.2. The van der Waals surface area contributed by atoms with Crippen LogP contribution in [0.5, 0.6) is 5.75 Å². The van der Waals surface area contributed by atoms with Crippen LogP contribution in [0.1, 0.15) is 39.2 Å². The average molecular weight is 442 g/mol. The van der Waals surface area contributed by atoms with Crippen molar-refractivity contribution in [3.63, 3.8) is 0 Å². The number of alkyl halides is 4. The Morgan fingerprint density at radius 3 is 2.42 bits per heavy atom. The first-order valence-electron chi connectivity index (χ1n) is 7.97. The fourth-order valence-electron chi connectivity index (χ4n) is 2.54. The molecule has 146 valence electrons. The Labute approximate surface area is 157 Å². The van der Waals surface area contributed by atoms with Crippen molar-refractivity contribution in [2.75, 3.05) is 0 Å². The molecule has 0 N–H and O–H groups in total. The summed E-state index contributed by atoms with van der Waals surface area (Å²) in [6, 6.07) is 3.69. The third-order valence-corrected chi connectivity index (χ3v) is 4.32. The lowest BCUT2D eigenvalue weighted by Gasteiger charge is -2.42. The van der Waals surface area contributed by atoms with Crippen LogP contribution in [-0.4, -0.2) is 35.2 Å². The lowest BCUT2D eigenvalue weighted by molar-refractivity contribution is -0.124. The van der Waals surface area contributed by atoms with E-state index < -0.39 is 43.1 Å². The number of hydrogen-bond acceptors (Lipinski definition) is 3. The summed E-state index contributed by atoms with van der Waals surface area (Å²) in [6.07, 6.45) is -1.55. The second-order valence-corrected chi connectivity index (χ2v) is 8.02. The number of carbonyl (C=O) groups excluding carboxylic acids is 1. The van der Waals surface area contributed by atoms with Gasteiger partial charge < -0.3 is 14.4 Å². The Balaban J connectivity index is 2.16. The van der Waals surface area contributed by atoms with Crippen LogP contribution in [0.15, 0.2) is 22.7 Å². The normalized spacial score (nSPS) is 17.0. The molecular weight excluding hydrogens is 422 g/mol. The second kappa shape index (κ2) is 7.62. The van der Waals surface area contributed by atoms with Crippen LogP contribution >= 0.6 is 15.9 Å². The van der Waals surface area contributed by atoms with Crippen molar-refractivity contribution in [3.8, 4) is 5.75 Å². The highest BCUT2D eigenvalue weighted by atomic mass is 79.9. The van der Waals surface area contributed by atoms with Crippen LogP contribution in [-0.2, 0) is 11.3 Å². The molecule has 0 unspecified atom stereocenters. The smallest absolute Gasteiger partial charge is 0.410 e. The molecule has 0 aromatic heterocycles. The quantitative estimate of drug-likeness (QED) is 0.559. The monoisotopic (exact) mass is 441 g/mol. The molecule has 1 saturated carbocycles. The molecule has 0 atom stereocenters. The van der Waals surface area contributed by atoms with Gasteiger partial charge >= 0.3 is 12.7 Å². The molecule has 0 saturated heterocycles. The predicted octanol–water partition coefficient (Wildman–Crippen LogP) is 5.59. The summed E-state index contributed by atoms with van der Waals surface area (Å²) in [5, 5.41) is 0. The number of nitrogens with zero attached hydrogens (tertiary/aromatic N) is 1. The summed E-state index contributed by atoms with van der Waals surface area (Å²) < 4.78 is 61.1. The molecule has 0 heterocycles. The molecule has 1 aromatic carbocycles. The van der Waals surface area contributed by atoms with Gasteiger partial charge in [-0.2, -0.15) is 8.78 Å². The zero-order chi connectivity index (χ0) is 19.7. The number of rotatable bonds is 5. The van der Waals surface area contributed by atoms with Crippen molar-refractivity contribution in [2.24, 2.45) is 0 Å². The third kappa shape index (κ3) is 5.75. The summed E-state index contributed by atoms with van der Waals surface area (Å²) in [5.41, 5.74) is -0.198. The number of benzene rings is 1. The highest BCUT2D eigenvalue weighted by Gasteiger charge is 2.49. The van der Waals surface area contributed by atoms with E-state index in [9.17, 15) is 22.4 Å². The van der Waals surface area contributed by atoms with Crippen LogP contribution in [0.25, 0.3) is 0 Å². The van der Waals surface area contributed by atoms with Gasteiger partial charge in [0.2, 0.25) is 0 Å². The molecule has 0 spiro atoms. The maximum atomic E-state index is 13.3. The molecule has 0 bridgehead atoms. The average Bonchev–Trinajstić information content (AvgIpc) is 2.42. The molecule has 9 heteroatoms. The number of carbonyl (C=O) groups is 1. The number of hydrogen-bond donors (Lipinski definition) is 0. The van der Waals surface area contributed by atoms with Gasteiger partial charge in [0.15, 0.2) is 0 Å². The highest BCUT2D eigenvalue weighted by molar-refractivity contribution is 9.10. The van der Waals surface area contributed by atoms with Crippen molar-refractivity contribution < 1.29 is 31.8 Å². The second-order valence-electron chi connectivity index (χ2n) is 7.17. The fourth-order valence-corrected chi connectivity index (χ4v) is 3.06. The van der Waals surface area contributed by atoms with E-state index in [-0.39, 0.29) is 16.8 Å². The first kappa shape index (κ1) is 20.8. The van der Waals surface area contributed by atoms with E-state index in [2.05, 4.69) is 20.7 Å². The van der Waals surface area contributed by atoms with Crippen molar-refractivity contribution in [2.45, 2.75) is 64.3 Å². The molecule has 1 amide bonds. The van der Waals surface area contributed by atoms with Gasteiger partial charge in [-0.1, -0.05) is 6.07 Å². The van der Waals surface area contributed by atoms with Gasteiger partial charge in [-0.05, 0) is 54.4 Å². The minimum Gasteiger partial charge on any atom is -0.444 e. The van der Waals surface area contributed by atoms with Crippen LogP contribution < -0.4 is 4.74 Å². The summed E-state index contributed by atoms with van der Waals surface area (Å²) >= 11 is 3.12. The molecule has 1 aliphatic rings. The number of ether oxygens (including phenoxy) is 2. The largest absolute Gasteiger partial charge is 0.444 e. The maximum Gasteiger partial charge on any atom is 0.410 e. The van der Waals surface area contributed by atoms with E-state index in [0.717, 1.165) is 0 Å². The molecule has 1 aliphatic carbocycles. The van der Waals surface area contributed by atoms with Crippen molar-refractivity contribution >= 4 is 22.0 Å². The molecule has 1 fully saturated rings. The predicted molar refractivity (Wildman–Crippen MR) is 90.5 cm³/mol. The Kier molecular flexibility index (Phi) is 6.09. The topological polar surface area (TPSA) is 38.8 Å². The highest BCUT2D eigenvalue weighted by Crippen LogP contribution is 2.41. The van der Waals surface area contributed by atoms with Gasteiger partial charge in [-0.15, -0.1) is 0 Å². The molecule has 2 rings (SSSR count). The SMILES string of the molecule is CC(C)(C)OC(=O)N(Cc1ccc(OC(F)F)c(Br)c1)C1CC(F)(F)C1. The van der Waals surface area contributed by atoms with E-state index in [0.29, 0.717) is 5.56 Å². The van der Waals surface area contributed by atoms with E-state index in [1.807, 2.05) is 0 Å². The Hall–Kier alpha value is -1.51. The van der Waals surface area contributed by atoms with Crippen LogP contribution in [0.3, 0.4) is 0 Å². The lowest BCUT2D eigenvalue weighted by atomic mass is 9.87. The maximum absolute atomic E-state index is 13.3.